The lowest BCUT2D eigenvalue weighted by atomic mass is 10.2. The van der Waals surface area contributed by atoms with Crippen molar-refractivity contribution in [2.24, 2.45) is 0 Å². The molecule has 2 aromatic rings. The third-order valence-electron chi connectivity index (χ3n) is 2.08. The van der Waals surface area contributed by atoms with Crippen molar-refractivity contribution in [3.05, 3.63) is 42.0 Å². The van der Waals surface area contributed by atoms with Gasteiger partial charge in [0.15, 0.2) is 0 Å². The van der Waals surface area contributed by atoms with Crippen LogP contribution in [0, 0.1) is 0 Å². The topological polar surface area (TPSA) is 71.7 Å². The predicted octanol–water partition coefficient (Wildman–Crippen LogP) is 1.46. The first-order valence-electron chi connectivity index (χ1n) is 4.70. The van der Waals surface area contributed by atoms with Crippen molar-refractivity contribution in [1.29, 1.82) is 0 Å². The lowest BCUT2D eigenvalue weighted by Crippen LogP contribution is -2.18. The Bertz CT molecular complexity index is 550. The molecular formula is C11H9NO4S. The number of thiol groups is 1. The van der Waals surface area contributed by atoms with Crippen molar-refractivity contribution in [3.8, 4) is 11.8 Å². The minimum atomic E-state index is -0.694. The molecule has 0 aliphatic heterocycles. The lowest BCUT2D eigenvalue weighted by molar-refractivity contribution is 0.0378. The molecule has 1 aromatic carbocycles. The zero-order chi connectivity index (χ0) is 12.4. The fourth-order valence-corrected chi connectivity index (χ4v) is 1.46. The smallest absolute Gasteiger partial charge is 0.363 e. The van der Waals surface area contributed by atoms with Crippen molar-refractivity contribution >= 4 is 18.6 Å². The Balaban J connectivity index is 2.25. The number of nitrogens with zero attached hydrogens (tertiary/aromatic N) is 1. The Labute approximate surface area is 102 Å². The molecule has 1 aromatic heterocycles. The summed E-state index contributed by atoms with van der Waals surface area (Å²) >= 11 is 3.88. The van der Waals surface area contributed by atoms with E-state index in [2.05, 4.69) is 12.6 Å². The molecular weight excluding hydrogens is 242 g/mol. The second-order valence-corrected chi connectivity index (χ2v) is 3.73. The molecule has 2 N–H and O–H groups in total. The van der Waals surface area contributed by atoms with Crippen LogP contribution < -0.4 is 4.84 Å². The fraction of sp³-hybridized carbons (Fsp3) is 0. The van der Waals surface area contributed by atoms with E-state index in [1.807, 2.05) is 0 Å². The van der Waals surface area contributed by atoms with E-state index in [-0.39, 0.29) is 4.90 Å². The number of aromatic nitrogens is 1. The largest absolute Gasteiger partial charge is 0.492 e. The summed E-state index contributed by atoms with van der Waals surface area (Å²) in [6, 6.07) is 9.39. The molecule has 0 aliphatic rings. The summed E-state index contributed by atoms with van der Waals surface area (Å²) in [5.74, 6) is -1.54. The Kier molecular flexibility index (Phi) is 2.97. The van der Waals surface area contributed by atoms with Gasteiger partial charge >= 0.3 is 5.97 Å². The van der Waals surface area contributed by atoms with E-state index in [1.54, 1.807) is 30.3 Å². The molecule has 0 amide bonds. The number of hydrogen-bond acceptors (Lipinski definition) is 5. The third-order valence-corrected chi connectivity index (χ3v) is 2.41. The van der Waals surface area contributed by atoms with E-state index >= 15 is 0 Å². The van der Waals surface area contributed by atoms with Crippen LogP contribution in [0.15, 0.2) is 41.3 Å². The zero-order valence-corrected chi connectivity index (χ0v) is 9.46. The number of benzene rings is 1. The van der Waals surface area contributed by atoms with Gasteiger partial charge in [-0.05, 0) is 12.1 Å². The monoisotopic (exact) mass is 251 g/mol. The summed E-state index contributed by atoms with van der Waals surface area (Å²) in [7, 11) is 0. The van der Waals surface area contributed by atoms with Crippen LogP contribution in [0.3, 0.4) is 0 Å². The standard InChI is InChI=1S/C11H9NO4S/c13-9-6-8(17)10(14)12(9)16-11(15)7-4-2-1-3-5-7/h1-6,13-14,17H. The molecule has 88 valence electrons. The highest BCUT2D eigenvalue weighted by Gasteiger charge is 2.16. The van der Waals surface area contributed by atoms with Crippen LogP contribution in [0.25, 0.3) is 0 Å². The fourth-order valence-electron chi connectivity index (χ4n) is 1.26. The van der Waals surface area contributed by atoms with Gasteiger partial charge in [0.05, 0.1) is 10.5 Å². The van der Waals surface area contributed by atoms with Gasteiger partial charge in [-0.15, -0.1) is 17.4 Å². The molecule has 0 fully saturated rings. The minimum absolute atomic E-state index is 0.114. The number of carbonyl (C=O) groups excluding carboxylic acids is 1. The molecule has 0 saturated heterocycles. The molecule has 1 heterocycles. The minimum Gasteiger partial charge on any atom is -0.492 e. The summed E-state index contributed by atoms with van der Waals surface area (Å²) < 4.78 is 0.609. The van der Waals surface area contributed by atoms with Gasteiger partial charge in [-0.2, -0.15) is 0 Å². The Morgan fingerprint density at radius 1 is 1.24 bits per heavy atom. The van der Waals surface area contributed by atoms with E-state index in [1.165, 1.54) is 0 Å². The Hall–Kier alpha value is -2.08. The lowest BCUT2D eigenvalue weighted by Gasteiger charge is -2.06. The summed E-state index contributed by atoms with van der Waals surface area (Å²) in [6.07, 6.45) is 0. The molecule has 17 heavy (non-hydrogen) atoms. The first-order valence-corrected chi connectivity index (χ1v) is 5.14. The Morgan fingerprint density at radius 3 is 2.41 bits per heavy atom. The molecule has 2 rings (SSSR count). The molecule has 5 nitrogen and oxygen atoms in total. The van der Waals surface area contributed by atoms with Gasteiger partial charge in [0.2, 0.25) is 11.8 Å². The van der Waals surface area contributed by atoms with Crippen LogP contribution in [0.1, 0.15) is 10.4 Å². The van der Waals surface area contributed by atoms with Gasteiger partial charge in [0.25, 0.3) is 0 Å². The molecule has 0 aliphatic carbocycles. The van der Waals surface area contributed by atoms with E-state index in [4.69, 9.17) is 4.84 Å². The SMILES string of the molecule is O=C(On1c(O)cc(S)c1O)c1ccccc1. The van der Waals surface area contributed by atoms with Gasteiger partial charge in [-0.25, -0.2) is 4.79 Å². The number of hydrogen-bond donors (Lipinski definition) is 3. The number of aromatic hydroxyl groups is 2. The van der Waals surface area contributed by atoms with Crippen molar-refractivity contribution in [3.63, 3.8) is 0 Å². The molecule has 0 saturated carbocycles. The second kappa shape index (κ2) is 4.42. The first kappa shape index (κ1) is 11.4. The second-order valence-electron chi connectivity index (χ2n) is 3.25. The highest BCUT2D eigenvalue weighted by atomic mass is 32.1. The van der Waals surface area contributed by atoms with Crippen LogP contribution in [-0.2, 0) is 0 Å². The highest BCUT2D eigenvalue weighted by Crippen LogP contribution is 2.28. The van der Waals surface area contributed by atoms with Gasteiger partial charge in [-0.1, -0.05) is 18.2 Å². The average molecular weight is 251 g/mol. The normalized spacial score (nSPS) is 10.2. The summed E-state index contributed by atoms with van der Waals surface area (Å²) in [5, 5.41) is 18.8. The van der Waals surface area contributed by atoms with Crippen LogP contribution in [0.4, 0.5) is 0 Å². The summed E-state index contributed by atoms with van der Waals surface area (Å²) in [4.78, 5) is 16.6. The zero-order valence-electron chi connectivity index (χ0n) is 8.57. The van der Waals surface area contributed by atoms with Gasteiger partial charge < -0.3 is 15.1 Å². The molecule has 0 radical (unpaired) electrons. The Morgan fingerprint density at radius 2 is 1.88 bits per heavy atom. The average Bonchev–Trinajstić information content (AvgIpc) is 2.57. The quantitative estimate of drug-likeness (QED) is 0.706. The van der Waals surface area contributed by atoms with E-state index in [0.717, 1.165) is 6.07 Å². The van der Waals surface area contributed by atoms with E-state index in [9.17, 15) is 15.0 Å². The van der Waals surface area contributed by atoms with Crippen molar-refractivity contribution in [2.45, 2.75) is 4.90 Å². The van der Waals surface area contributed by atoms with Crippen molar-refractivity contribution in [2.75, 3.05) is 0 Å². The molecule has 6 heteroatoms. The van der Waals surface area contributed by atoms with Gasteiger partial charge in [0, 0.05) is 6.07 Å². The third kappa shape index (κ3) is 2.21. The maximum Gasteiger partial charge on any atom is 0.363 e. The van der Waals surface area contributed by atoms with Crippen LogP contribution in [-0.4, -0.2) is 20.9 Å². The van der Waals surface area contributed by atoms with E-state index in [0.29, 0.717) is 10.3 Å². The summed E-state index contributed by atoms with van der Waals surface area (Å²) in [5.41, 5.74) is 0.306. The number of rotatable bonds is 2. The van der Waals surface area contributed by atoms with Crippen molar-refractivity contribution in [1.82, 2.24) is 4.73 Å². The molecule has 0 bridgehead atoms. The van der Waals surface area contributed by atoms with Crippen molar-refractivity contribution < 1.29 is 19.8 Å². The molecule has 0 atom stereocenters. The van der Waals surface area contributed by atoms with Crippen LogP contribution in [0.5, 0.6) is 11.8 Å². The van der Waals surface area contributed by atoms with Crippen LogP contribution >= 0.6 is 12.6 Å². The van der Waals surface area contributed by atoms with Crippen LogP contribution in [0.2, 0.25) is 0 Å². The summed E-state index contributed by atoms with van der Waals surface area (Å²) in [6.45, 7) is 0. The first-order chi connectivity index (χ1) is 8.09. The van der Waals surface area contributed by atoms with E-state index < -0.39 is 17.7 Å². The number of carbonyl (C=O) groups is 1. The maximum atomic E-state index is 11.6. The maximum absolute atomic E-state index is 11.6. The molecule has 0 unspecified atom stereocenters. The van der Waals surface area contributed by atoms with Gasteiger partial charge in [-0.3, -0.25) is 0 Å². The molecule has 0 spiro atoms. The highest BCUT2D eigenvalue weighted by molar-refractivity contribution is 7.80. The van der Waals surface area contributed by atoms with Gasteiger partial charge in [0.1, 0.15) is 0 Å². The predicted molar refractivity (Wildman–Crippen MR) is 62.4 cm³/mol.